The molecule has 5 N–H and O–H groups in total. The summed E-state index contributed by atoms with van der Waals surface area (Å²) < 4.78 is 0. The zero-order valence-electron chi connectivity index (χ0n) is 22.2. The molecule has 0 atom stereocenters. The first-order valence-corrected chi connectivity index (χ1v) is 13.6. The maximum absolute atomic E-state index is 13.3. The summed E-state index contributed by atoms with van der Waals surface area (Å²) in [6.07, 6.45) is 1.61. The number of nitrogens with two attached hydrogens (primary N) is 1. The lowest BCUT2D eigenvalue weighted by Crippen LogP contribution is -2.30. The molecule has 4 aromatic carbocycles. The molecule has 0 aliphatic carbocycles. The van der Waals surface area contributed by atoms with Crippen molar-refractivity contribution >= 4 is 52.8 Å². The van der Waals surface area contributed by atoms with Crippen LogP contribution >= 0.6 is 11.8 Å². The molecule has 0 bridgehead atoms. The van der Waals surface area contributed by atoms with Crippen molar-refractivity contribution in [3.05, 3.63) is 131 Å². The predicted octanol–water partition coefficient (Wildman–Crippen LogP) is 5.23. The van der Waals surface area contributed by atoms with Gasteiger partial charge in [0.15, 0.2) is 0 Å². The van der Waals surface area contributed by atoms with Crippen LogP contribution in [0.25, 0.3) is 6.08 Å². The molecule has 8 nitrogen and oxygen atoms in total. The number of rotatable bonds is 10. The Labute approximate surface area is 242 Å². The van der Waals surface area contributed by atoms with Gasteiger partial charge in [-0.15, -0.1) is 11.8 Å². The minimum atomic E-state index is -0.632. The molecule has 0 heterocycles. The number of amides is 4. The van der Waals surface area contributed by atoms with E-state index >= 15 is 0 Å². The van der Waals surface area contributed by atoms with Gasteiger partial charge in [0.25, 0.3) is 17.7 Å². The number of aryl methyl sites for hydroxylation is 1. The molecule has 0 radical (unpaired) electrons. The lowest BCUT2D eigenvalue weighted by molar-refractivity contribution is -0.114. The van der Waals surface area contributed by atoms with E-state index in [4.69, 9.17) is 5.73 Å². The van der Waals surface area contributed by atoms with Crippen LogP contribution in [-0.4, -0.2) is 29.4 Å². The predicted molar refractivity (Wildman–Crippen MR) is 162 cm³/mol. The summed E-state index contributed by atoms with van der Waals surface area (Å²) in [7, 11) is 0. The molecule has 206 valence electrons. The first-order valence-electron chi connectivity index (χ1n) is 12.7. The minimum Gasteiger partial charge on any atom is -0.366 e. The fourth-order valence-corrected chi connectivity index (χ4v) is 4.53. The molecule has 0 aromatic heterocycles. The Morgan fingerprint density at radius 3 is 2.24 bits per heavy atom. The van der Waals surface area contributed by atoms with Crippen molar-refractivity contribution < 1.29 is 19.2 Å². The van der Waals surface area contributed by atoms with E-state index in [-0.39, 0.29) is 22.9 Å². The van der Waals surface area contributed by atoms with Gasteiger partial charge in [-0.05, 0) is 61.0 Å². The van der Waals surface area contributed by atoms with E-state index in [9.17, 15) is 19.2 Å². The summed E-state index contributed by atoms with van der Waals surface area (Å²) in [6, 6.07) is 29.7. The number of hydrogen-bond donors (Lipinski definition) is 4. The molecule has 4 amide bonds. The number of thioether (sulfide) groups is 1. The van der Waals surface area contributed by atoms with Crippen molar-refractivity contribution in [1.82, 2.24) is 5.32 Å². The minimum absolute atomic E-state index is 0.0657. The van der Waals surface area contributed by atoms with Crippen LogP contribution in [0.1, 0.15) is 31.8 Å². The van der Waals surface area contributed by atoms with Gasteiger partial charge in [-0.2, -0.15) is 0 Å². The Balaban J connectivity index is 1.45. The third-order valence-electron chi connectivity index (χ3n) is 5.85. The normalized spacial score (nSPS) is 10.9. The number of nitrogens with one attached hydrogen (secondary N) is 3. The zero-order valence-corrected chi connectivity index (χ0v) is 23.0. The number of benzene rings is 4. The van der Waals surface area contributed by atoms with Gasteiger partial charge in [0.1, 0.15) is 5.70 Å². The number of hydrogen-bond acceptors (Lipinski definition) is 5. The average Bonchev–Trinajstić information content (AvgIpc) is 2.97. The third-order valence-corrected chi connectivity index (χ3v) is 6.84. The highest BCUT2D eigenvalue weighted by Crippen LogP contribution is 2.23. The maximum atomic E-state index is 13.3. The molecule has 0 aliphatic heterocycles. The molecule has 0 fully saturated rings. The summed E-state index contributed by atoms with van der Waals surface area (Å²) in [5.74, 6) is -1.79. The van der Waals surface area contributed by atoms with E-state index in [2.05, 4.69) is 16.0 Å². The number of primary amides is 1. The van der Waals surface area contributed by atoms with Crippen LogP contribution in [-0.2, 0) is 9.59 Å². The van der Waals surface area contributed by atoms with Gasteiger partial charge in [-0.25, -0.2) is 0 Å². The smallest absolute Gasteiger partial charge is 0.272 e. The quantitative estimate of drug-likeness (QED) is 0.155. The monoisotopic (exact) mass is 564 g/mol. The lowest BCUT2D eigenvalue weighted by atomic mass is 10.1. The van der Waals surface area contributed by atoms with Crippen molar-refractivity contribution in [3.63, 3.8) is 0 Å². The Morgan fingerprint density at radius 1 is 0.805 bits per heavy atom. The summed E-state index contributed by atoms with van der Waals surface area (Å²) in [6.45, 7) is 1.97. The first kappa shape index (κ1) is 28.8. The van der Waals surface area contributed by atoms with Crippen LogP contribution in [0.15, 0.2) is 114 Å². The van der Waals surface area contributed by atoms with Crippen LogP contribution < -0.4 is 21.7 Å². The van der Waals surface area contributed by atoms with Crippen LogP contribution in [0, 0.1) is 6.92 Å². The molecule has 0 saturated carbocycles. The number of carbonyl (C=O) groups is 4. The fourth-order valence-electron chi connectivity index (χ4n) is 3.78. The summed E-state index contributed by atoms with van der Waals surface area (Å²) >= 11 is 1.26. The van der Waals surface area contributed by atoms with E-state index in [1.807, 2.05) is 37.3 Å². The van der Waals surface area contributed by atoms with E-state index in [1.54, 1.807) is 78.9 Å². The van der Waals surface area contributed by atoms with Crippen molar-refractivity contribution in [1.29, 1.82) is 0 Å². The molecule has 0 aliphatic rings. The molecule has 0 saturated heterocycles. The van der Waals surface area contributed by atoms with Gasteiger partial charge >= 0.3 is 0 Å². The Kier molecular flexibility index (Phi) is 9.69. The van der Waals surface area contributed by atoms with Gasteiger partial charge in [-0.3, -0.25) is 19.2 Å². The zero-order chi connectivity index (χ0) is 29.2. The second-order valence-corrected chi connectivity index (χ2v) is 10.1. The van der Waals surface area contributed by atoms with E-state index in [0.717, 1.165) is 16.0 Å². The van der Waals surface area contributed by atoms with Crippen molar-refractivity contribution in [2.45, 2.75) is 11.8 Å². The Bertz CT molecular complexity index is 1600. The second-order valence-electron chi connectivity index (χ2n) is 9.02. The largest absolute Gasteiger partial charge is 0.366 e. The Hall–Kier alpha value is -5.15. The van der Waals surface area contributed by atoms with Crippen LogP contribution in [0.2, 0.25) is 0 Å². The molecule has 0 unspecified atom stereocenters. The molecule has 0 spiro atoms. The Morgan fingerprint density at radius 2 is 1.51 bits per heavy atom. The number of anilines is 2. The fraction of sp³-hybridized carbons (Fsp3) is 0.0625. The van der Waals surface area contributed by atoms with Crippen molar-refractivity contribution in [3.8, 4) is 0 Å². The van der Waals surface area contributed by atoms with Crippen LogP contribution in [0.4, 0.5) is 11.4 Å². The van der Waals surface area contributed by atoms with E-state index < -0.39 is 17.7 Å². The molecule has 9 heteroatoms. The SMILES string of the molecule is Cc1ccc(/C=C(/NC(=O)c2ccccc2)C(=O)Nc2cccc(SCC(=O)Nc3ccccc3C(N)=O)c2)cc1. The first-order chi connectivity index (χ1) is 19.8. The highest BCUT2D eigenvalue weighted by molar-refractivity contribution is 8.00. The third kappa shape index (κ3) is 8.42. The molecular weight excluding hydrogens is 536 g/mol. The topological polar surface area (TPSA) is 130 Å². The lowest BCUT2D eigenvalue weighted by Gasteiger charge is -2.12. The highest BCUT2D eigenvalue weighted by Gasteiger charge is 2.16. The van der Waals surface area contributed by atoms with Crippen molar-refractivity contribution in [2.75, 3.05) is 16.4 Å². The standard InChI is InChI=1S/C32H28N4O4S/c1-21-14-16-22(17-15-21)18-28(36-31(39)23-8-3-2-4-9-23)32(40)34-24-10-7-11-25(19-24)41-20-29(37)35-27-13-6-5-12-26(27)30(33)38/h2-19H,20H2,1H3,(H2,33,38)(H,34,40)(H,35,37)(H,36,39)/b28-18+. The molecule has 4 rings (SSSR count). The van der Waals surface area contributed by atoms with Gasteiger partial charge < -0.3 is 21.7 Å². The number of carbonyl (C=O) groups excluding carboxylic acids is 4. The van der Waals surface area contributed by atoms with Gasteiger partial charge in [0, 0.05) is 16.1 Å². The van der Waals surface area contributed by atoms with Crippen LogP contribution in [0.5, 0.6) is 0 Å². The number of para-hydroxylation sites is 1. The molecular formula is C32H28N4O4S. The van der Waals surface area contributed by atoms with Gasteiger partial charge in [0.2, 0.25) is 5.91 Å². The molecule has 4 aromatic rings. The average molecular weight is 565 g/mol. The van der Waals surface area contributed by atoms with Crippen LogP contribution in [0.3, 0.4) is 0 Å². The van der Waals surface area contributed by atoms with E-state index in [0.29, 0.717) is 16.9 Å². The summed E-state index contributed by atoms with van der Waals surface area (Å²) in [5.41, 5.74) is 8.76. The van der Waals surface area contributed by atoms with Crippen molar-refractivity contribution in [2.24, 2.45) is 5.73 Å². The summed E-state index contributed by atoms with van der Waals surface area (Å²) in [5, 5.41) is 8.26. The summed E-state index contributed by atoms with van der Waals surface area (Å²) in [4.78, 5) is 51.0. The van der Waals surface area contributed by atoms with Gasteiger partial charge in [0.05, 0.1) is 17.0 Å². The van der Waals surface area contributed by atoms with E-state index in [1.165, 1.54) is 11.8 Å². The molecule has 41 heavy (non-hydrogen) atoms. The van der Waals surface area contributed by atoms with Gasteiger partial charge in [-0.1, -0.05) is 66.2 Å². The maximum Gasteiger partial charge on any atom is 0.272 e. The second kappa shape index (κ2) is 13.8. The highest BCUT2D eigenvalue weighted by atomic mass is 32.2.